The molecule has 0 spiro atoms. The zero-order valence-electron chi connectivity index (χ0n) is 17.6. The van der Waals surface area contributed by atoms with Gasteiger partial charge >= 0.3 is 5.97 Å². The van der Waals surface area contributed by atoms with Crippen LogP contribution >= 0.6 is 0 Å². The monoisotopic (exact) mass is 372 g/mol. The second-order valence-electron chi connectivity index (χ2n) is 7.08. The maximum Gasteiger partial charge on any atom is 0.305 e. The van der Waals surface area contributed by atoms with Crippen LogP contribution in [0.3, 0.4) is 0 Å². The minimum atomic E-state index is -0.0945. The van der Waals surface area contributed by atoms with E-state index < -0.39 is 0 Å². The van der Waals surface area contributed by atoms with Crippen LogP contribution in [0.4, 0.5) is 0 Å². The fourth-order valence-corrected chi connectivity index (χ4v) is 2.77. The molecule has 0 aromatic rings. The lowest BCUT2D eigenvalue weighted by Gasteiger charge is -2.07. The molecule has 0 heterocycles. The molecule has 4 heteroatoms. The highest BCUT2D eigenvalue weighted by Gasteiger charge is 2.02. The molecule has 0 atom stereocenters. The molecule has 0 saturated heterocycles. The summed E-state index contributed by atoms with van der Waals surface area (Å²) in [7, 11) is 0. The Morgan fingerprint density at radius 1 is 0.538 bits per heavy atom. The van der Waals surface area contributed by atoms with Crippen LogP contribution in [0.15, 0.2) is 0 Å². The Kier molecular flexibility index (Phi) is 21.9. The molecule has 0 aromatic carbocycles. The van der Waals surface area contributed by atoms with Crippen LogP contribution in [0.1, 0.15) is 104 Å². The van der Waals surface area contributed by atoms with Crippen molar-refractivity contribution in [3.63, 3.8) is 0 Å². The smallest absolute Gasteiger partial charge is 0.305 e. The van der Waals surface area contributed by atoms with Crippen molar-refractivity contribution in [1.82, 2.24) is 0 Å². The number of carbonyl (C=O) groups is 1. The van der Waals surface area contributed by atoms with Gasteiger partial charge in [-0.3, -0.25) is 4.79 Å². The van der Waals surface area contributed by atoms with E-state index in [-0.39, 0.29) is 5.97 Å². The first kappa shape index (κ1) is 25.4. The maximum atomic E-state index is 11.6. The predicted molar refractivity (Wildman–Crippen MR) is 109 cm³/mol. The van der Waals surface area contributed by atoms with Crippen LogP contribution in [-0.2, 0) is 19.0 Å². The van der Waals surface area contributed by atoms with Gasteiger partial charge in [0, 0.05) is 19.6 Å². The molecule has 156 valence electrons. The molecule has 0 saturated carbocycles. The first-order valence-corrected chi connectivity index (χ1v) is 11.1. The van der Waals surface area contributed by atoms with Crippen LogP contribution in [-0.4, -0.2) is 39.0 Å². The lowest BCUT2D eigenvalue weighted by Crippen LogP contribution is -2.09. The summed E-state index contributed by atoms with van der Waals surface area (Å²) in [5, 5.41) is 0. The molecule has 0 fully saturated rings. The minimum Gasteiger partial charge on any atom is -0.466 e. The van der Waals surface area contributed by atoms with Crippen LogP contribution in [0.2, 0.25) is 0 Å². The van der Waals surface area contributed by atoms with E-state index in [9.17, 15) is 4.79 Å². The minimum absolute atomic E-state index is 0.0945. The summed E-state index contributed by atoms with van der Waals surface area (Å²) in [5.41, 5.74) is 0. The topological polar surface area (TPSA) is 44.8 Å². The van der Waals surface area contributed by atoms with Crippen LogP contribution in [0.5, 0.6) is 0 Å². The first-order valence-electron chi connectivity index (χ1n) is 11.1. The number of carbonyl (C=O) groups excluding carboxylic acids is 1. The molecular formula is C22H44O4. The second kappa shape index (κ2) is 22.4. The Morgan fingerprint density at radius 3 is 1.58 bits per heavy atom. The fraction of sp³-hybridized carbons (Fsp3) is 0.955. The lowest BCUT2D eigenvalue weighted by molar-refractivity contribution is -0.144. The van der Waals surface area contributed by atoms with E-state index in [1.165, 1.54) is 64.2 Å². The van der Waals surface area contributed by atoms with E-state index >= 15 is 0 Å². The fourth-order valence-electron chi connectivity index (χ4n) is 2.77. The highest BCUT2D eigenvalue weighted by Crippen LogP contribution is 2.07. The summed E-state index contributed by atoms with van der Waals surface area (Å²) in [4.78, 5) is 11.6. The largest absolute Gasteiger partial charge is 0.466 e. The van der Waals surface area contributed by atoms with Crippen LogP contribution < -0.4 is 0 Å². The Bertz CT molecular complexity index is 281. The first-order chi connectivity index (χ1) is 12.8. The molecule has 0 aliphatic carbocycles. The van der Waals surface area contributed by atoms with Crippen molar-refractivity contribution in [3.05, 3.63) is 0 Å². The molecule has 0 radical (unpaired) electrons. The van der Waals surface area contributed by atoms with E-state index in [0.29, 0.717) is 32.8 Å². The highest BCUT2D eigenvalue weighted by atomic mass is 16.5. The van der Waals surface area contributed by atoms with Gasteiger partial charge in [-0.2, -0.15) is 0 Å². The number of esters is 1. The molecular weight excluding hydrogens is 328 g/mol. The van der Waals surface area contributed by atoms with Gasteiger partial charge in [0.1, 0.15) is 0 Å². The normalized spacial score (nSPS) is 11.0. The van der Waals surface area contributed by atoms with Gasteiger partial charge in [0.15, 0.2) is 0 Å². The number of rotatable bonds is 21. The van der Waals surface area contributed by atoms with Gasteiger partial charge in [0.2, 0.25) is 0 Å². The van der Waals surface area contributed by atoms with Crippen molar-refractivity contribution in [1.29, 1.82) is 0 Å². The molecule has 0 aromatic heterocycles. The quantitative estimate of drug-likeness (QED) is 0.181. The molecule has 0 unspecified atom stereocenters. The summed E-state index contributed by atoms with van der Waals surface area (Å²) in [6, 6.07) is 0. The third-order valence-electron chi connectivity index (χ3n) is 4.44. The third-order valence-corrected chi connectivity index (χ3v) is 4.44. The zero-order chi connectivity index (χ0) is 19.1. The number of ether oxygens (including phenoxy) is 3. The van der Waals surface area contributed by atoms with Crippen LogP contribution in [0, 0.1) is 0 Å². The maximum absolute atomic E-state index is 11.6. The third kappa shape index (κ3) is 21.4. The Labute approximate surface area is 162 Å². The van der Waals surface area contributed by atoms with Gasteiger partial charge in [-0.05, 0) is 19.3 Å². The van der Waals surface area contributed by atoms with E-state index in [2.05, 4.69) is 13.8 Å². The second-order valence-corrected chi connectivity index (χ2v) is 7.08. The number of hydrogen-bond acceptors (Lipinski definition) is 4. The summed E-state index contributed by atoms with van der Waals surface area (Å²) < 4.78 is 16.3. The van der Waals surface area contributed by atoms with Crippen LogP contribution in [0.25, 0.3) is 0 Å². The molecule has 0 rings (SSSR count). The van der Waals surface area contributed by atoms with Crippen molar-refractivity contribution in [2.75, 3.05) is 33.0 Å². The van der Waals surface area contributed by atoms with Crippen molar-refractivity contribution in [3.8, 4) is 0 Å². The Balaban J connectivity index is 3.13. The summed E-state index contributed by atoms with van der Waals surface area (Å²) >= 11 is 0. The molecule has 4 nitrogen and oxygen atoms in total. The van der Waals surface area contributed by atoms with Crippen molar-refractivity contribution >= 4 is 5.97 Å². The predicted octanol–water partition coefficient (Wildman–Crippen LogP) is 6.06. The molecule has 0 N–H and O–H groups in total. The van der Waals surface area contributed by atoms with Gasteiger partial charge < -0.3 is 14.2 Å². The SMILES string of the molecule is CCCCCCCCCOC(=O)CCCOCCOCCCCCCC. The molecule has 0 aliphatic rings. The molecule has 26 heavy (non-hydrogen) atoms. The highest BCUT2D eigenvalue weighted by molar-refractivity contribution is 5.69. The summed E-state index contributed by atoms with van der Waals surface area (Å²) in [5.74, 6) is -0.0945. The molecule has 0 bridgehead atoms. The van der Waals surface area contributed by atoms with Crippen molar-refractivity contribution in [2.45, 2.75) is 104 Å². The summed E-state index contributed by atoms with van der Waals surface area (Å²) in [6.07, 6.45) is 16.2. The van der Waals surface area contributed by atoms with Gasteiger partial charge in [-0.1, -0.05) is 78.1 Å². The van der Waals surface area contributed by atoms with Gasteiger partial charge in [0.25, 0.3) is 0 Å². The average Bonchev–Trinajstić information content (AvgIpc) is 2.65. The van der Waals surface area contributed by atoms with Gasteiger partial charge in [0.05, 0.1) is 19.8 Å². The molecule has 0 aliphatic heterocycles. The Hall–Kier alpha value is -0.610. The van der Waals surface area contributed by atoms with Crippen molar-refractivity contribution in [2.24, 2.45) is 0 Å². The summed E-state index contributed by atoms with van der Waals surface area (Å²) in [6.45, 7) is 7.72. The lowest BCUT2D eigenvalue weighted by atomic mass is 10.1. The van der Waals surface area contributed by atoms with Crippen molar-refractivity contribution < 1.29 is 19.0 Å². The van der Waals surface area contributed by atoms with E-state index in [0.717, 1.165) is 25.9 Å². The average molecular weight is 373 g/mol. The van der Waals surface area contributed by atoms with E-state index in [1.54, 1.807) is 0 Å². The van der Waals surface area contributed by atoms with E-state index in [4.69, 9.17) is 14.2 Å². The van der Waals surface area contributed by atoms with Gasteiger partial charge in [-0.15, -0.1) is 0 Å². The van der Waals surface area contributed by atoms with Gasteiger partial charge in [-0.25, -0.2) is 0 Å². The number of unbranched alkanes of at least 4 members (excludes halogenated alkanes) is 10. The number of hydrogen-bond donors (Lipinski definition) is 0. The zero-order valence-corrected chi connectivity index (χ0v) is 17.6. The Morgan fingerprint density at radius 2 is 1.00 bits per heavy atom. The molecule has 0 amide bonds. The standard InChI is InChI=1S/C22H44O4/c1-3-5-7-9-10-12-14-19-26-22(23)16-15-18-25-21-20-24-17-13-11-8-6-4-2/h3-21H2,1-2H3. The van der Waals surface area contributed by atoms with E-state index in [1.807, 2.05) is 0 Å².